The van der Waals surface area contributed by atoms with Gasteiger partial charge in [0, 0.05) is 13.1 Å². The number of carbonyl (C=O) groups excluding carboxylic acids is 1. The van der Waals surface area contributed by atoms with Crippen LogP contribution in [-0.2, 0) is 4.74 Å². The van der Waals surface area contributed by atoms with Gasteiger partial charge in [-0.05, 0) is 18.6 Å². The predicted octanol–water partition coefficient (Wildman–Crippen LogP) is 1.31. The second kappa shape index (κ2) is 9.13. The molecule has 0 fully saturated rings. The van der Waals surface area contributed by atoms with Gasteiger partial charge in [-0.2, -0.15) is 0 Å². The molecule has 112 valence electrons. The average molecular weight is 288 g/mol. The molecule has 1 rings (SSSR count). The Hall–Kier alpha value is -1.83. The van der Waals surface area contributed by atoms with Crippen LogP contribution >= 0.6 is 0 Å². The largest absolute Gasteiger partial charge is 0.374 e. The lowest BCUT2D eigenvalue weighted by Gasteiger charge is -2.06. The van der Waals surface area contributed by atoms with Crippen molar-refractivity contribution in [2.24, 2.45) is 0 Å². The molecule has 0 radical (unpaired) electrons. The highest BCUT2D eigenvalue weighted by Gasteiger charge is 2.08. The monoisotopic (exact) mass is 288 g/mol. The first-order valence-electron chi connectivity index (χ1n) is 6.35. The van der Waals surface area contributed by atoms with Gasteiger partial charge in [0.05, 0.1) is 6.61 Å². The van der Waals surface area contributed by atoms with Crippen LogP contribution in [-0.4, -0.2) is 48.8 Å². The summed E-state index contributed by atoms with van der Waals surface area (Å²) in [6, 6.07) is 3.20. The molecule has 1 aromatic heterocycles. The lowest BCUT2D eigenvalue weighted by molar-refractivity contribution is 0.0188. The zero-order valence-electron chi connectivity index (χ0n) is 11.2. The first kappa shape index (κ1) is 16.2. The highest BCUT2D eigenvalue weighted by Crippen LogP contribution is 2.01. The molecular weight excluding hydrogens is 270 g/mol. The number of amides is 1. The number of aromatic nitrogens is 2. The van der Waals surface area contributed by atoms with Crippen LogP contribution in [0.2, 0.25) is 0 Å². The highest BCUT2D eigenvalue weighted by atomic mass is 19.3. The third-order valence-electron chi connectivity index (χ3n) is 2.23. The minimum Gasteiger partial charge on any atom is -0.374 e. The number of ether oxygens (including phenoxy) is 1. The fraction of sp³-hybridized carbons (Fsp3) is 0.583. The van der Waals surface area contributed by atoms with Gasteiger partial charge in [0.1, 0.15) is 12.4 Å². The van der Waals surface area contributed by atoms with Gasteiger partial charge in [-0.3, -0.25) is 4.79 Å². The molecule has 0 aliphatic heterocycles. The molecule has 0 aliphatic carbocycles. The van der Waals surface area contributed by atoms with Crippen LogP contribution in [0, 0.1) is 0 Å². The van der Waals surface area contributed by atoms with E-state index in [1.165, 1.54) is 0 Å². The zero-order chi connectivity index (χ0) is 14.8. The molecular formula is C12H18F2N4O2. The summed E-state index contributed by atoms with van der Waals surface area (Å²) in [6.07, 6.45) is -1.54. The second-order valence-electron chi connectivity index (χ2n) is 3.95. The SMILES string of the molecule is CCCNc1ccc(C(=O)NCCOCC(F)F)nn1. The summed E-state index contributed by atoms with van der Waals surface area (Å²) >= 11 is 0. The van der Waals surface area contributed by atoms with Crippen molar-refractivity contribution >= 4 is 11.7 Å². The van der Waals surface area contributed by atoms with Crippen LogP contribution < -0.4 is 10.6 Å². The average Bonchev–Trinajstić information content (AvgIpc) is 2.44. The van der Waals surface area contributed by atoms with E-state index in [1.807, 2.05) is 6.92 Å². The molecule has 1 aromatic rings. The van der Waals surface area contributed by atoms with Crippen molar-refractivity contribution in [3.63, 3.8) is 0 Å². The molecule has 6 nitrogen and oxygen atoms in total. The first-order valence-corrected chi connectivity index (χ1v) is 6.35. The van der Waals surface area contributed by atoms with Gasteiger partial charge in [-0.25, -0.2) is 8.78 Å². The number of nitrogens with zero attached hydrogens (tertiary/aromatic N) is 2. The summed E-state index contributed by atoms with van der Waals surface area (Å²) in [5.41, 5.74) is 0.168. The molecule has 0 bridgehead atoms. The first-order chi connectivity index (χ1) is 9.63. The summed E-state index contributed by atoms with van der Waals surface area (Å²) < 4.78 is 28.2. The smallest absolute Gasteiger partial charge is 0.271 e. The van der Waals surface area contributed by atoms with Crippen LogP contribution in [0.25, 0.3) is 0 Å². The Bertz CT molecular complexity index is 401. The van der Waals surface area contributed by atoms with Gasteiger partial charge in [0.25, 0.3) is 12.3 Å². The molecule has 0 spiro atoms. The number of hydrogen-bond donors (Lipinski definition) is 2. The van der Waals surface area contributed by atoms with E-state index in [0.717, 1.165) is 13.0 Å². The molecule has 0 saturated heterocycles. The fourth-order valence-corrected chi connectivity index (χ4v) is 1.30. The molecule has 0 atom stereocenters. The van der Waals surface area contributed by atoms with Crippen molar-refractivity contribution in [1.29, 1.82) is 0 Å². The Morgan fingerprint density at radius 2 is 2.15 bits per heavy atom. The van der Waals surface area contributed by atoms with Crippen molar-refractivity contribution in [2.45, 2.75) is 19.8 Å². The van der Waals surface area contributed by atoms with E-state index >= 15 is 0 Å². The number of rotatable bonds is 9. The maximum atomic E-state index is 11.8. The summed E-state index contributed by atoms with van der Waals surface area (Å²) in [5, 5.41) is 13.2. The van der Waals surface area contributed by atoms with Crippen molar-refractivity contribution in [3.8, 4) is 0 Å². The maximum absolute atomic E-state index is 11.8. The third kappa shape index (κ3) is 6.37. The van der Waals surface area contributed by atoms with Gasteiger partial charge in [-0.15, -0.1) is 10.2 Å². The molecule has 0 aliphatic rings. The predicted molar refractivity (Wildman–Crippen MR) is 70.0 cm³/mol. The quantitative estimate of drug-likeness (QED) is 0.670. The van der Waals surface area contributed by atoms with Crippen LogP contribution in [0.3, 0.4) is 0 Å². The van der Waals surface area contributed by atoms with E-state index in [2.05, 4.69) is 25.6 Å². The van der Waals surface area contributed by atoms with E-state index in [1.54, 1.807) is 12.1 Å². The molecule has 0 unspecified atom stereocenters. The molecule has 0 saturated carbocycles. The van der Waals surface area contributed by atoms with Crippen LogP contribution in [0.4, 0.5) is 14.6 Å². The molecule has 1 heterocycles. The van der Waals surface area contributed by atoms with Gasteiger partial charge in [0.2, 0.25) is 0 Å². The van der Waals surface area contributed by atoms with Crippen LogP contribution in [0.1, 0.15) is 23.8 Å². The number of hydrogen-bond acceptors (Lipinski definition) is 5. The summed E-state index contributed by atoms with van der Waals surface area (Å²) in [7, 11) is 0. The zero-order valence-corrected chi connectivity index (χ0v) is 11.2. The van der Waals surface area contributed by atoms with E-state index in [-0.39, 0.29) is 18.8 Å². The van der Waals surface area contributed by atoms with Crippen molar-refractivity contribution in [2.75, 3.05) is 31.6 Å². The number of carbonyl (C=O) groups is 1. The molecule has 20 heavy (non-hydrogen) atoms. The number of anilines is 1. The Morgan fingerprint density at radius 3 is 2.75 bits per heavy atom. The van der Waals surface area contributed by atoms with Crippen LogP contribution in [0.5, 0.6) is 0 Å². The summed E-state index contributed by atoms with van der Waals surface area (Å²) in [6.45, 7) is 2.34. The minimum atomic E-state index is -2.50. The Labute approximate surface area is 115 Å². The van der Waals surface area contributed by atoms with Gasteiger partial charge >= 0.3 is 0 Å². The fourth-order valence-electron chi connectivity index (χ4n) is 1.30. The van der Waals surface area contributed by atoms with E-state index in [4.69, 9.17) is 0 Å². The van der Waals surface area contributed by atoms with Gasteiger partial charge < -0.3 is 15.4 Å². The maximum Gasteiger partial charge on any atom is 0.271 e. The van der Waals surface area contributed by atoms with Gasteiger partial charge in [-0.1, -0.05) is 6.92 Å². The Balaban J connectivity index is 2.29. The number of nitrogens with one attached hydrogen (secondary N) is 2. The topological polar surface area (TPSA) is 76.1 Å². The standard InChI is InChI=1S/C12H18F2N4O2/c1-2-5-15-11-4-3-9(17-18-11)12(19)16-6-7-20-8-10(13)14/h3-4,10H,2,5-8H2,1H3,(H,15,18)(H,16,19). The molecule has 2 N–H and O–H groups in total. The second-order valence-corrected chi connectivity index (χ2v) is 3.95. The van der Waals surface area contributed by atoms with E-state index in [0.29, 0.717) is 5.82 Å². The third-order valence-corrected chi connectivity index (χ3v) is 2.23. The summed E-state index contributed by atoms with van der Waals surface area (Å²) in [4.78, 5) is 11.6. The number of alkyl halides is 2. The Kier molecular flexibility index (Phi) is 7.41. The minimum absolute atomic E-state index is 0.0274. The van der Waals surface area contributed by atoms with Crippen molar-refractivity contribution in [1.82, 2.24) is 15.5 Å². The van der Waals surface area contributed by atoms with Gasteiger partial charge in [0.15, 0.2) is 5.69 Å². The van der Waals surface area contributed by atoms with Crippen molar-refractivity contribution < 1.29 is 18.3 Å². The molecule has 1 amide bonds. The lowest BCUT2D eigenvalue weighted by Crippen LogP contribution is -2.28. The van der Waals surface area contributed by atoms with Crippen LogP contribution in [0.15, 0.2) is 12.1 Å². The number of halogens is 2. The van der Waals surface area contributed by atoms with E-state index in [9.17, 15) is 13.6 Å². The molecule has 0 aromatic carbocycles. The lowest BCUT2D eigenvalue weighted by atomic mass is 10.3. The molecule has 8 heteroatoms. The summed E-state index contributed by atoms with van der Waals surface area (Å²) in [5.74, 6) is 0.184. The Morgan fingerprint density at radius 1 is 1.35 bits per heavy atom. The normalized spacial score (nSPS) is 10.6. The van der Waals surface area contributed by atoms with Crippen molar-refractivity contribution in [3.05, 3.63) is 17.8 Å². The van der Waals surface area contributed by atoms with E-state index < -0.39 is 18.9 Å². The highest BCUT2D eigenvalue weighted by molar-refractivity contribution is 5.92.